The van der Waals surface area contributed by atoms with E-state index in [2.05, 4.69) is 10.9 Å². The molecule has 1 aliphatic heterocycles. The first-order valence-corrected chi connectivity index (χ1v) is 5.73. The van der Waals surface area contributed by atoms with Crippen LogP contribution < -0.4 is 5.73 Å². The van der Waals surface area contributed by atoms with Crippen molar-refractivity contribution in [3.8, 4) is 12.3 Å². The Kier molecular flexibility index (Phi) is 3.07. The SMILES string of the molecule is C#CC(C)N1C(=O)N=C(N)C1c1ccc(C)cc1. The number of carbonyl (C=O) groups is 1. The number of rotatable bonds is 2. The minimum absolute atomic E-state index is 0.297. The van der Waals surface area contributed by atoms with Gasteiger partial charge in [0.1, 0.15) is 11.9 Å². The lowest BCUT2D eigenvalue weighted by atomic mass is 10.0. The number of amides is 2. The Morgan fingerprint density at radius 3 is 2.61 bits per heavy atom. The molecule has 2 amide bonds. The van der Waals surface area contributed by atoms with Crippen molar-refractivity contribution < 1.29 is 4.79 Å². The molecule has 2 N–H and O–H groups in total. The summed E-state index contributed by atoms with van der Waals surface area (Å²) in [5.74, 6) is 2.84. The summed E-state index contributed by atoms with van der Waals surface area (Å²) >= 11 is 0. The smallest absolute Gasteiger partial charge is 0.347 e. The molecule has 2 rings (SSSR count). The molecule has 2 atom stereocenters. The van der Waals surface area contributed by atoms with Crippen LogP contribution in [0.1, 0.15) is 24.1 Å². The molecule has 0 spiro atoms. The molecular weight excluding hydrogens is 226 g/mol. The molecule has 4 heteroatoms. The monoisotopic (exact) mass is 241 g/mol. The summed E-state index contributed by atoms with van der Waals surface area (Å²) < 4.78 is 0. The minimum Gasteiger partial charge on any atom is -0.385 e. The third kappa shape index (κ3) is 1.95. The maximum Gasteiger partial charge on any atom is 0.347 e. The summed E-state index contributed by atoms with van der Waals surface area (Å²) in [7, 11) is 0. The van der Waals surface area contributed by atoms with Crippen molar-refractivity contribution in [2.45, 2.75) is 25.9 Å². The number of hydrogen-bond donors (Lipinski definition) is 1. The van der Waals surface area contributed by atoms with Gasteiger partial charge in [-0.3, -0.25) is 4.90 Å². The molecule has 0 fully saturated rings. The van der Waals surface area contributed by atoms with Gasteiger partial charge >= 0.3 is 6.03 Å². The molecule has 4 nitrogen and oxygen atoms in total. The van der Waals surface area contributed by atoms with Gasteiger partial charge in [-0.15, -0.1) is 6.42 Å². The van der Waals surface area contributed by atoms with Crippen molar-refractivity contribution >= 4 is 11.9 Å². The fraction of sp³-hybridized carbons (Fsp3) is 0.286. The summed E-state index contributed by atoms with van der Waals surface area (Å²) in [4.78, 5) is 17.1. The predicted molar refractivity (Wildman–Crippen MR) is 71.1 cm³/mol. The van der Waals surface area contributed by atoms with Crippen molar-refractivity contribution in [3.63, 3.8) is 0 Å². The van der Waals surface area contributed by atoms with Crippen LogP contribution in [0.25, 0.3) is 0 Å². The maximum atomic E-state index is 11.8. The summed E-state index contributed by atoms with van der Waals surface area (Å²) in [5, 5.41) is 0. The van der Waals surface area contributed by atoms with Gasteiger partial charge in [-0.2, -0.15) is 4.99 Å². The molecule has 1 aliphatic rings. The summed E-state index contributed by atoms with van der Waals surface area (Å²) in [5.41, 5.74) is 7.92. The van der Waals surface area contributed by atoms with Gasteiger partial charge in [-0.25, -0.2) is 4.79 Å². The Labute approximate surface area is 107 Å². The number of carbonyl (C=O) groups excluding carboxylic acids is 1. The van der Waals surface area contributed by atoms with Gasteiger partial charge in [0.15, 0.2) is 0 Å². The first-order chi connectivity index (χ1) is 8.54. The van der Waals surface area contributed by atoms with Gasteiger partial charge < -0.3 is 5.73 Å². The van der Waals surface area contributed by atoms with E-state index in [4.69, 9.17) is 12.2 Å². The van der Waals surface area contributed by atoms with Crippen molar-refractivity contribution in [3.05, 3.63) is 35.4 Å². The van der Waals surface area contributed by atoms with Crippen LogP contribution in [0.15, 0.2) is 29.3 Å². The van der Waals surface area contributed by atoms with E-state index in [0.717, 1.165) is 11.1 Å². The zero-order chi connectivity index (χ0) is 13.3. The Hall–Kier alpha value is -2.28. The van der Waals surface area contributed by atoms with E-state index in [1.54, 1.807) is 6.92 Å². The second-order valence-corrected chi connectivity index (χ2v) is 4.38. The van der Waals surface area contributed by atoms with Crippen molar-refractivity contribution in [1.29, 1.82) is 0 Å². The summed E-state index contributed by atoms with van der Waals surface area (Å²) in [6, 6.07) is 6.77. The number of hydrogen-bond acceptors (Lipinski definition) is 2. The highest BCUT2D eigenvalue weighted by Gasteiger charge is 2.36. The quantitative estimate of drug-likeness (QED) is 0.803. The molecule has 92 valence electrons. The molecule has 0 aliphatic carbocycles. The average molecular weight is 241 g/mol. The number of aliphatic imine (C=N–C) groups is 1. The number of urea groups is 1. The lowest BCUT2D eigenvalue weighted by molar-refractivity contribution is 0.199. The van der Waals surface area contributed by atoms with Gasteiger partial charge in [0, 0.05) is 0 Å². The highest BCUT2D eigenvalue weighted by molar-refractivity contribution is 6.03. The third-order valence-corrected chi connectivity index (χ3v) is 3.06. The van der Waals surface area contributed by atoms with Crippen LogP contribution in [0.5, 0.6) is 0 Å². The van der Waals surface area contributed by atoms with Gasteiger partial charge in [0.2, 0.25) is 0 Å². The minimum atomic E-state index is -0.372. The molecule has 1 heterocycles. The molecule has 0 aromatic heterocycles. The largest absolute Gasteiger partial charge is 0.385 e. The average Bonchev–Trinajstić information content (AvgIpc) is 2.64. The Bertz CT molecular complexity index is 539. The third-order valence-electron chi connectivity index (χ3n) is 3.06. The van der Waals surface area contributed by atoms with Crippen LogP contribution in [0.3, 0.4) is 0 Å². The Balaban J connectivity index is 2.41. The van der Waals surface area contributed by atoms with E-state index in [1.807, 2.05) is 31.2 Å². The molecule has 0 bridgehead atoms. The van der Waals surface area contributed by atoms with Gasteiger partial charge in [0.05, 0.1) is 6.04 Å². The second kappa shape index (κ2) is 4.53. The fourth-order valence-electron chi connectivity index (χ4n) is 2.03. The van der Waals surface area contributed by atoms with E-state index in [-0.39, 0.29) is 18.1 Å². The van der Waals surface area contributed by atoms with Crippen LogP contribution in [0.4, 0.5) is 4.79 Å². The number of aryl methyl sites for hydroxylation is 1. The highest BCUT2D eigenvalue weighted by Crippen LogP contribution is 2.28. The van der Waals surface area contributed by atoms with Gasteiger partial charge in [-0.1, -0.05) is 35.7 Å². The van der Waals surface area contributed by atoms with Crippen molar-refractivity contribution in [2.24, 2.45) is 10.7 Å². The second-order valence-electron chi connectivity index (χ2n) is 4.38. The van der Waals surface area contributed by atoms with Gasteiger partial charge in [0.25, 0.3) is 0 Å². The summed E-state index contributed by atoms with van der Waals surface area (Å²) in [6.45, 7) is 3.79. The van der Waals surface area contributed by atoms with Crippen LogP contribution in [0.2, 0.25) is 0 Å². The molecule has 0 saturated heterocycles. The molecule has 2 unspecified atom stereocenters. The maximum absolute atomic E-state index is 11.8. The number of terminal acetylenes is 1. The van der Waals surface area contributed by atoms with E-state index in [9.17, 15) is 4.79 Å². The van der Waals surface area contributed by atoms with Crippen LogP contribution in [0, 0.1) is 19.3 Å². The van der Waals surface area contributed by atoms with E-state index in [0.29, 0.717) is 5.84 Å². The fourth-order valence-corrected chi connectivity index (χ4v) is 2.03. The van der Waals surface area contributed by atoms with E-state index in [1.165, 1.54) is 4.90 Å². The standard InChI is InChI=1S/C14H15N3O/c1-4-10(3)17-12(13(15)16-14(17)18)11-7-5-9(2)6-8-11/h1,5-8,10,12H,2-3H3,(H2,15,16,18). The first kappa shape index (κ1) is 12.2. The molecular formula is C14H15N3O. The number of nitrogens with zero attached hydrogens (tertiary/aromatic N) is 2. The predicted octanol–water partition coefficient (Wildman–Crippen LogP) is 1.85. The summed E-state index contributed by atoms with van der Waals surface area (Å²) in [6.07, 6.45) is 5.39. The Morgan fingerprint density at radius 2 is 2.06 bits per heavy atom. The van der Waals surface area contributed by atoms with Crippen LogP contribution in [-0.2, 0) is 0 Å². The highest BCUT2D eigenvalue weighted by atomic mass is 16.2. The molecule has 1 aromatic carbocycles. The molecule has 0 radical (unpaired) electrons. The van der Waals surface area contributed by atoms with Crippen molar-refractivity contribution in [1.82, 2.24) is 4.90 Å². The number of benzene rings is 1. The normalized spacial score (nSPS) is 20.5. The zero-order valence-corrected chi connectivity index (χ0v) is 10.4. The van der Waals surface area contributed by atoms with Crippen LogP contribution in [-0.4, -0.2) is 22.8 Å². The molecule has 0 saturated carbocycles. The van der Waals surface area contributed by atoms with E-state index < -0.39 is 0 Å². The topological polar surface area (TPSA) is 58.7 Å². The lowest BCUT2D eigenvalue weighted by Gasteiger charge is -2.27. The van der Waals surface area contributed by atoms with Crippen LogP contribution >= 0.6 is 0 Å². The Morgan fingerprint density at radius 1 is 1.44 bits per heavy atom. The zero-order valence-electron chi connectivity index (χ0n) is 10.4. The molecule has 1 aromatic rings. The lowest BCUT2D eigenvalue weighted by Crippen LogP contribution is -2.38. The number of amidine groups is 1. The first-order valence-electron chi connectivity index (χ1n) is 5.73. The van der Waals surface area contributed by atoms with E-state index >= 15 is 0 Å². The number of nitrogens with two attached hydrogens (primary N) is 1. The van der Waals surface area contributed by atoms with Crippen molar-refractivity contribution in [2.75, 3.05) is 0 Å². The van der Waals surface area contributed by atoms with Gasteiger partial charge in [-0.05, 0) is 19.4 Å². The molecule has 18 heavy (non-hydrogen) atoms.